The van der Waals surface area contributed by atoms with Gasteiger partial charge in [0.2, 0.25) is 5.75 Å². The van der Waals surface area contributed by atoms with Crippen LogP contribution in [-0.2, 0) is 10.8 Å². The molecule has 0 saturated carbocycles. The number of benzene rings is 2. The first kappa shape index (κ1) is 24.8. The SMILES string of the molecule is CCCCCOc1c(OC)cc(C=O)cc1Oc1ccc(C(C)(C)C)cc1C(C)(C)C. The second-order valence-electron chi connectivity index (χ2n) is 10.0. The summed E-state index contributed by atoms with van der Waals surface area (Å²) in [6.45, 7) is 15.9. The summed E-state index contributed by atoms with van der Waals surface area (Å²) in [6, 6.07) is 9.74. The van der Waals surface area contributed by atoms with Crippen molar-refractivity contribution >= 4 is 6.29 Å². The van der Waals surface area contributed by atoms with Crippen LogP contribution in [0, 0.1) is 0 Å². The van der Waals surface area contributed by atoms with Gasteiger partial charge in [-0.25, -0.2) is 0 Å². The number of methoxy groups -OCH3 is 1. The van der Waals surface area contributed by atoms with Crippen LogP contribution in [0.1, 0.15) is 89.2 Å². The van der Waals surface area contributed by atoms with E-state index in [1.165, 1.54) is 5.56 Å². The summed E-state index contributed by atoms with van der Waals surface area (Å²) in [4.78, 5) is 11.5. The summed E-state index contributed by atoms with van der Waals surface area (Å²) >= 11 is 0. The Hall–Kier alpha value is -2.49. The van der Waals surface area contributed by atoms with Crippen LogP contribution in [0.25, 0.3) is 0 Å². The molecule has 2 aromatic carbocycles. The zero-order valence-electron chi connectivity index (χ0n) is 20.4. The van der Waals surface area contributed by atoms with Gasteiger partial charge in [-0.15, -0.1) is 0 Å². The van der Waals surface area contributed by atoms with Gasteiger partial charge in [0.1, 0.15) is 12.0 Å². The van der Waals surface area contributed by atoms with Gasteiger partial charge in [-0.05, 0) is 41.0 Å². The molecule has 0 unspecified atom stereocenters. The molecule has 4 heteroatoms. The monoisotopic (exact) mass is 426 g/mol. The normalized spacial score (nSPS) is 11.9. The van der Waals surface area contributed by atoms with Crippen LogP contribution in [0.4, 0.5) is 0 Å². The average Bonchev–Trinajstić information content (AvgIpc) is 2.70. The fourth-order valence-corrected chi connectivity index (χ4v) is 3.35. The highest BCUT2D eigenvalue weighted by Crippen LogP contribution is 2.44. The van der Waals surface area contributed by atoms with Gasteiger partial charge in [-0.2, -0.15) is 0 Å². The summed E-state index contributed by atoms with van der Waals surface area (Å²) < 4.78 is 18.0. The van der Waals surface area contributed by atoms with Crippen LogP contribution in [0.2, 0.25) is 0 Å². The Bertz CT molecular complexity index is 885. The van der Waals surface area contributed by atoms with Crippen molar-refractivity contribution in [2.45, 2.75) is 78.6 Å². The molecule has 0 aliphatic heterocycles. The lowest BCUT2D eigenvalue weighted by Crippen LogP contribution is -2.17. The number of aldehydes is 1. The molecule has 0 amide bonds. The van der Waals surface area contributed by atoms with E-state index < -0.39 is 0 Å². The molecular formula is C27H38O4. The molecule has 0 aromatic heterocycles. The average molecular weight is 427 g/mol. The van der Waals surface area contributed by atoms with E-state index >= 15 is 0 Å². The van der Waals surface area contributed by atoms with Crippen molar-refractivity contribution in [2.24, 2.45) is 0 Å². The number of hydrogen-bond donors (Lipinski definition) is 0. The van der Waals surface area contributed by atoms with E-state index in [9.17, 15) is 4.79 Å². The molecule has 0 aliphatic carbocycles. The smallest absolute Gasteiger partial charge is 0.204 e. The Labute approximate surface area is 187 Å². The zero-order valence-corrected chi connectivity index (χ0v) is 20.4. The van der Waals surface area contributed by atoms with Crippen molar-refractivity contribution in [1.29, 1.82) is 0 Å². The number of rotatable bonds is 9. The van der Waals surface area contributed by atoms with Crippen LogP contribution in [0.15, 0.2) is 30.3 Å². The zero-order chi connectivity index (χ0) is 23.2. The molecule has 2 rings (SSSR count). The van der Waals surface area contributed by atoms with E-state index in [1.807, 2.05) is 6.07 Å². The van der Waals surface area contributed by atoms with Crippen LogP contribution >= 0.6 is 0 Å². The third kappa shape index (κ3) is 6.49. The number of unbranched alkanes of at least 4 members (excludes halogenated alkanes) is 2. The van der Waals surface area contributed by atoms with Gasteiger partial charge < -0.3 is 14.2 Å². The first-order valence-corrected chi connectivity index (χ1v) is 11.1. The van der Waals surface area contributed by atoms with Crippen LogP contribution in [0.5, 0.6) is 23.0 Å². The van der Waals surface area contributed by atoms with E-state index in [1.54, 1.807) is 19.2 Å². The van der Waals surface area contributed by atoms with Crippen molar-refractivity contribution in [3.63, 3.8) is 0 Å². The lowest BCUT2D eigenvalue weighted by Gasteiger charge is -2.27. The van der Waals surface area contributed by atoms with E-state index in [-0.39, 0.29) is 10.8 Å². The lowest BCUT2D eigenvalue weighted by atomic mass is 9.80. The Morgan fingerprint density at radius 2 is 1.55 bits per heavy atom. The van der Waals surface area contributed by atoms with Gasteiger partial charge in [0.15, 0.2) is 11.5 Å². The minimum Gasteiger partial charge on any atom is -0.493 e. The standard InChI is InChI=1S/C27H38O4/c1-9-10-11-14-30-25-23(29-8)15-19(18-28)16-24(25)31-22-13-12-20(26(2,3)4)17-21(22)27(5,6)7/h12-13,15-18H,9-11,14H2,1-8H3. The van der Waals surface area contributed by atoms with E-state index in [0.29, 0.717) is 29.4 Å². The summed E-state index contributed by atoms with van der Waals surface area (Å²) in [5.41, 5.74) is 2.75. The highest BCUT2D eigenvalue weighted by Gasteiger charge is 2.25. The number of hydrogen-bond acceptors (Lipinski definition) is 4. The second-order valence-corrected chi connectivity index (χ2v) is 10.0. The fourth-order valence-electron chi connectivity index (χ4n) is 3.35. The maximum absolute atomic E-state index is 11.5. The topological polar surface area (TPSA) is 44.8 Å². The summed E-state index contributed by atoms with van der Waals surface area (Å²) in [7, 11) is 1.57. The first-order chi connectivity index (χ1) is 14.5. The quantitative estimate of drug-likeness (QED) is 0.308. The Balaban J connectivity index is 2.54. The summed E-state index contributed by atoms with van der Waals surface area (Å²) in [5.74, 6) is 2.28. The number of ether oxygens (including phenoxy) is 3. The van der Waals surface area contributed by atoms with E-state index in [0.717, 1.165) is 36.9 Å². The van der Waals surface area contributed by atoms with Gasteiger partial charge in [-0.1, -0.05) is 73.4 Å². The van der Waals surface area contributed by atoms with E-state index in [2.05, 4.69) is 60.6 Å². The van der Waals surface area contributed by atoms with Crippen molar-refractivity contribution in [3.8, 4) is 23.0 Å². The molecule has 2 aromatic rings. The molecule has 0 N–H and O–H groups in total. The molecule has 4 nitrogen and oxygen atoms in total. The number of carbonyl (C=O) groups excluding carboxylic acids is 1. The molecular weight excluding hydrogens is 388 g/mol. The van der Waals surface area contributed by atoms with E-state index in [4.69, 9.17) is 14.2 Å². The third-order valence-corrected chi connectivity index (χ3v) is 5.27. The molecule has 0 atom stereocenters. The Morgan fingerprint density at radius 3 is 2.10 bits per heavy atom. The molecule has 0 fully saturated rings. The first-order valence-electron chi connectivity index (χ1n) is 11.1. The van der Waals surface area contributed by atoms with Crippen LogP contribution in [0.3, 0.4) is 0 Å². The van der Waals surface area contributed by atoms with Gasteiger partial charge in [0, 0.05) is 11.1 Å². The second kappa shape index (κ2) is 10.2. The van der Waals surface area contributed by atoms with Crippen molar-refractivity contribution < 1.29 is 19.0 Å². The highest BCUT2D eigenvalue weighted by molar-refractivity contribution is 5.78. The minimum atomic E-state index is -0.120. The van der Waals surface area contributed by atoms with Crippen molar-refractivity contribution in [1.82, 2.24) is 0 Å². The molecule has 170 valence electrons. The van der Waals surface area contributed by atoms with Crippen molar-refractivity contribution in [3.05, 3.63) is 47.0 Å². The fraction of sp³-hybridized carbons (Fsp3) is 0.519. The predicted octanol–water partition coefficient (Wildman–Crippen LogP) is 7.46. The third-order valence-electron chi connectivity index (χ3n) is 5.27. The largest absolute Gasteiger partial charge is 0.493 e. The maximum atomic E-state index is 11.5. The Morgan fingerprint density at radius 1 is 0.871 bits per heavy atom. The van der Waals surface area contributed by atoms with Crippen molar-refractivity contribution in [2.75, 3.05) is 13.7 Å². The Kier molecular flexibility index (Phi) is 8.16. The van der Waals surface area contributed by atoms with Crippen LogP contribution < -0.4 is 14.2 Å². The summed E-state index contributed by atoms with van der Waals surface area (Å²) in [5, 5.41) is 0. The molecule has 31 heavy (non-hydrogen) atoms. The molecule has 0 bridgehead atoms. The minimum absolute atomic E-state index is 0.0345. The lowest BCUT2D eigenvalue weighted by molar-refractivity contribution is 0.112. The van der Waals surface area contributed by atoms with Gasteiger partial charge >= 0.3 is 0 Å². The number of carbonyl (C=O) groups is 1. The molecule has 0 heterocycles. The predicted molar refractivity (Wildman–Crippen MR) is 127 cm³/mol. The molecule has 0 saturated heterocycles. The molecule has 0 radical (unpaired) electrons. The van der Waals surface area contributed by atoms with Gasteiger partial charge in [0.25, 0.3) is 0 Å². The highest BCUT2D eigenvalue weighted by atomic mass is 16.5. The molecule has 0 spiro atoms. The summed E-state index contributed by atoms with van der Waals surface area (Å²) in [6.07, 6.45) is 3.95. The van der Waals surface area contributed by atoms with Gasteiger partial charge in [-0.3, -0.25) is 4.79 Å². The van der Waals surface area contributed by atoms with Gasteiger partial charge in [0.05, 0.1) is 13.7 Å². The maximum Gasteiger partial charge on any atom is 0.204 e. The molecule has 0 aliphatic rings. The van der Waals surface area contributed by atoms with Crippen LogP contribution in [-0.4, -0.2) is 20.0 Å².